The van der Waals surface area contributed by atoms with Gasteiger partial charge in [0.15, 0.2) is 0 Å². The zero-order valence-electron chi connectivity index (χ0n) is 6.61. The lowest BCUT2D eigenvalue weighted by molar-refractivity contribution is 0.598. The predicted molar refractivity (Wildman–Crippen MR) is 51.1 cm³/mol. The van der Waals surface area contributed by atoms with Gasteiger partial charge in [0.2, 0.25) is 0 Å². The Hall–Kier alpha value is 0.110. The molecule has 0 rings (SSSR count). The van der Waals surface area contributed by atoms with Crippen molar-refractivity contribution < 1.29 is 4.57 Å². The molecule has 0 heterocycles. The summed E-state index contributed by atoms with van der Waals surface area (Å²) < 4.78 is 10.7. The Balaban J connectivity index is 4.59. The molecule has 0 radical (unpaired) electrons. The van der Waals surface area contributed by atoms with Crippen molar-refractivity contribution in [2.45, 2.75) is 20.8 Å². The molecule has 0 aliphatic carbocycles. The third-order valence-corrected chi connectivity index (χ3v) is 2.00. The molecule has 0 N–H and O–H groups in total. The van der Waals surface area contributed by atoms with Crippen molar-refractivity contribution in [1.29, 1.82) is 0 Å². The highest BCUT2D eigenvalue weighted by molar-refractivity contribution is 8.11. The third-order valence-electron chi connectivity index (χ3n) is 1.12. The van der Waals surface area contributed by atoms with Gasteiger partial charge in [-0.25, -0.2) is 0 Å². The van der Waals surface area contributed by atoms with Crippen molar-refractivity contribution in [3.05, 3.63) is 11.1 Å². The number of hydrogen-bond acceptors (Lipinski definition) is 1. The van der Waals surface area contributed by atoms with Gasteiger partial charge in [-0.05, 0) is 54.5 Å². The van der Waals surface area contributed by atoms with E-state index >= 15 is 0 Å². The third kappa shape index (κ3) is 6.51. The van der Waals surface area contributed by atoms with Crippen LogP contribution < -0.4 is 0 Å². The van der Waals surface area contributed by atoms with E-state index < -0.39 is 5.85 Å². The van der Waals surface area contributed by atoms with Gasteiger partial charge in [0.25, 0.3) is 0 Å². The summed E-state index contributed by atoms with van der Waals surface area (Å²) in [5.41, 5.74) is 4.20. The lowest BCUT2D eigenvalue weighted by Crippen LogP contribution is -1.72. The quantitative estimate of drug-likeness (QED) is 0.437. The second kappa shape index (κ2) is 4.21. The maximum Gasteiger partial charge on any atom is 0.323 e. The first-order valence-electron chi connectivity index (χ1n) is 2.99. The highest BCUT2D eigenvalue weighted by atomic mass is 35.9. The van der Waals surface area contributed by atoms with Crippen LogP contribution >= 0.6 is 28.3 Å². The van der Waals surface area contributed by atoms with E-state index in [4.69, 9.17) is 22.5 Å². The zero-order valence-corrected chi connectivity index (χ0v) is 9.02. The number of hydrogen-bond donors (Lipinski definition) is 0. The molecule has 0 aromatic rings. The number of halogens is 2. The minimum absolute atomic E-state index is 0.853. The molecule has 62 valence electrons. The average Bonchev–Trinajstić information content (AvgIpc) is 1.80. The van der Waals surface area contributed by atoms with Crippen LogP contribution in [0.5, 0.6) is 0 Å². The molecule has 1 nitrogen and oxygen atoms in total. The van der Waals surface area contributed by atoms with Crippen molar-refractivity contribution in [2.75, 3.05) is 0 Å². The van der Waals surface area contributed by atoms with E-state index in [1.54, 1.807) is 0 Å². The number of rotatable bonds is 0. The average molecular weight is 211 g/mol. The highest BCUT2D eigenvalue weighted by Crippen LogP contribution is 2.55. The first-order chi connectivity index (χ1) is 4.83. The molecule has 0 aromatic carbocycles. The SMILES string of the molecule is CC(C)=C(C)C#CP(=O)(Cl)Cl. The van der Waals surface area contributed by atoms with Crippen molar-refractivity contribution in [3.8, 4) is 11.6 Å². The van der Waals surface area contributed by atoms with Crippen LogP contribution in [0.3, 0.4) is 0 Å². The molecular formula is C7H9Cl2OP. The van der Waals surface area contributed by atoms with Gasteiger partial charge in [-0.2, -0.15) is 0 Å². The number of allylic oxidation sites excluding steroid dienone is 2. The van der Waals surface area contributed by atoms with E-state index in [2.05, 4.69) is 11.6 Å². The molecule has 0 atom stereocenters. The molecule has 0 saturated carbocycles. The van der Waals surface area contributed by atoms with E-state index in [0.29, 0.717) is 0 Å². The Kier molecular flexibility index (Phi) is 4.26. The second-order valence-electron chi connectivity index (χ2n) is 2.32. The minimum Gasteiger partial charge on any atom is -0.275 e. The summed E-state index contributed by atoms with van der Waals surface area (Å²) in [7, 11) is 0. The van der Waals surface area contributed by atoms with Crippen LogP contribution in [0.2, 0.25) is 0 Å². The summed E-state index contributed by atoms with van der Waals surface area (Å²) in [5.74, 6) is -0.586. The summed E-state index contributed by atoms with van der Waals surface area (Å²) >= 11 is 10.4. The maximum atomic E-state index is 10.7. The van der Waals surface area contributed by atoms with E-state index in [1.807, 2.05) is 20.8 Å². The van der Waals surface area contributed by atoms with E-state index in [0.717, 1.165) is 11.1 Å². The first-order valence-corrected chi connectivity index (χ1v) is 6.51. The molecule has 0 unspecified atom stereocenters. The predicted octanol–water partition coefficient (Wildman–Crippen LogP) is 3.97. The zero-order chi connectivity index (χ0) is 9.07. The molecule has 0 spiro atoms. The van der Waals surface area contributed by atoms with Crippen LogP contribution in [0.1, 0.15) is 20.8 Å². The van der Waals surface area contributed by atoms with Crippen molar-refractivity contribution in [1.82, 2.24) is 0 Å². The van der Waals surface area contributed by atoms with Gasteiger partial charge in [-0.15, -0.1) is 0 Å². The summed E-state index contributed by atoms with van der Waals surface area (Å²) in [6, 6.07) is 0. The summed E-state index contributed by atoms with van der Waals surface area (Å²) in [5, 5.41) is 0. The molecule has 0 aliphatic heterocycles. The van der Waals surface area contributed by atoms with Crippen LogP contribution in [-0.2, 0) is 4.57 Å². The Morgan fingerprint density at radius 3 is 2.00 bits per heavy atom. The molecule has 0 aromatic heterocycles. The molecule has 0 fully saturated rings. The Bertz CT molecular complexity index is 273. The van der Waals surface area contributed by atoms with Gasteiger partial charge in [-0.3, -0.25) is 4.57 Å². The van der Waals surface area contributed by atoms with E-state index in [-0.39, 0.29) is 0 Å². The van der Waals surface area contributed by atoms with Gasteiger partial charge < -0.3 is 0 Å². The maximum absolute atomic E-state index is 10.7. The van der Waals surface area contributed by atoms with Crippen LogP contribution in [0, 0.1) is 11.6 Å². The molecular weight excluding hydrogens is 202 g/mol. The summed E-state index contributed by atoms with van der Waals surface area (Å²) in [6.45, 7) is 5.65. The Labute approximate surface area is 76.7 Å². The van der Waals surface area contributed by atoms with Crippen molar-refractivity contribution in [3.63, 3.8) is 0 Å². The topological polar surface area (TPSA) is 17.1 Å². The van der Waals surface area contributed by atoms with E-state index in [1.165, 1.54) is 0 Å². The van der Waals surface area contributed by atoms with Crippen LogP contribution in [0.25, 0.3) is 0 Å². The Morgan fingerprint density at radius 2 is 1.73 bits per heavy atom. The van der Waals surface area contributed by atoms with Gasteiger partial charge in [-0.1, -0.05) is 11.5 Å². The largest absolute Gasteiger partial charge is 0.323 e. The molecule has 0 saturated heterocycles. The molecule has 0 aliphatic rings. The van der Waals surface area contributed by atoms with Gasteiger partial charge in [0.05, 0.1) is 0 Å². The molecule has 11 heavy (non-hydrogen) atoms. The minimum atomic E-state index is -3.21. The molecule has 4 heteroatoms. The monoisotopic (exact) mass is 210 g/mol. The summed E-state index contributed by atoms with van der Waals surface area (Å²) in [6.07, 6.45) is 0. The van der Waals surface area contributed by atoms with Gasteiger partial charge in [0.1, 0.15) is 0 Å². The highest BCUT2D eigenvalue weighted by Gasteiger charge is 2.06. The van der Waals surface area contributed by atoms with Crippen molar-refractivity contribution >= 4 is 28.3 Å². The van der Waals surface area contributed by atoms with Crippen LogP contribution in [0.4, 0.5) is 0 Å². The van der Waals surface area contributed by atoms with E-state index in [9.17, 15) is 4.57 Å². The fourth-order valence-electron chi connectivity index (χ4n) is 0.274. The van der Waals surface area contributed by atoms with Crippen LogP contribution in [-0.4, -0.2) is 0 Å². The fourth-order valence-corrected chi connectivity index (χ4v) is 0.825. The first kappa shape index (κ1) is 11.1. The lowest BCUT2D eigenvalue weighted by Gasteiger charge is -1.90. The molecule has 0 bridgehead atoms. The van der Waals surface area contributed by atoms with Gasteiger partial charge >= 0.3 is 5.85 Å². The normalized spacial score (nSPS) is 9.91. The van der Waals surface area contributed by atoms with Crippen molar-refractivity contribution in [2.24, 2.45) is 0 Å². The van der Waals surface area contributed by atoms with Crippen LogP contribution in [0.15, 0.2) is 11.1 Å². The summed E-state index contributed by atoms with van der Waals surface area (Å²) in [4.78, 5) is 0. The lowest BCUT2D eigenvalue weighted by atomic mass is 10.2. The standard InChI is InChI=1S/C7H9Cl2OP/c1-6(2)7(3)4-5-11(8,9)10/h1-3H3. The smallest absolute Gasteiger partial charge is 0.275 e. The fraction of sp³-hybridized carbons (Fsp3) is 0.429. The van der Waals surface area contributed by atoms with Gasteiger partial charge in [0, 0.05) is 0 Å². The second-order valence-corrected chi connectivity index (χ2v) is 6.85. The molecule has 0 amide bonds. The Morgan fingerprint density at radius 1 is 1.27 bits per heavy atom.